The molecule has 1 fully saturated rings. The van der Waals surface area contributed by atoms with Crippen LogP contribution in [-0.2, 0) is 28.8 Å². The Balaban J connectivity index is 1.07. The van der Waals surface area contributed by atoms with E-state index in [1.54, 1.807) is 29.7 Å². The third-order valence-corrected chi connectivity index (χ3v) is 6.65. The Kier molecular flexibility index (Phi) is 6.65. The molecule has 3 aliphatic rings. The van der Waals surface area contributed by atoms with Gasteiger partial charge in [-0.1, -0.05) is 18.2 Å². The Hall–Kier alpha value is -3.50. The lowest BCUT2D eigenvalue weighted by atomic mass is 9.96. The minimum atomic E-state index is -0.219. The summed E-state index contributed by atoms with van der Waals surface area (Å²) in [5, 5.41) is 7.39. The number of benzene rings is 1. The summed E-state index contributed by atoms with van der Waals surface area (Å²) in [6, 6.07) is 9.88. The fourth-order valence-corrected chi connectivity index (χ4v) is 4.67. The number of hydrazone groups is 1. The summed E-state index contributed by atoms with van der Waals surface area (Å²) in [5.41, 5.74) is 6.92. The van der Waals surface area contributed by atoms with Gasteiger partial charge in [0.2, 0.25) is 5.91 Å². The van der Waals surface area contributed by atoms with Crippen LogP contribution in [0.25, 0.3) is 0 Å². The molecule has 0 saturated carbocycles. The molecule has 1 amide bonds. The van der Waals surface area contributed by atoms with Crippen LogP contribution in [0.5, 0.6) is 0 Å². The second-order valence-electron chi connectivity index (χ2n) is 9.31. The molecule has 1 unspecified atom stereocenters. The van der Waals surface area contributed by atoms with Crippen molar-refractivity contribution in [2.45, 2.75) is 32.3 Å². The Morgan fingerprint density at radius 2 is 1.94 bits per heavy atom. The molecule has 2 aromatic rings. The number of aromatic nitrogens is 1. The van der Waals surface area contributed by atoms with Gasteiger partial charge in [0, 0.05) is 52.4 Å². The molecule has 4 heterocycles. The standard InChI is InChI=1S/C25H31N7O3/c1-18-13-21-14-19(3-5-22(21)25(34)35-18)7-8-30-9-11-31(12-10-30)24(33)15-20-4-6-23(26-16-20)32-17-27-29(2)28-32/h3-6,14,16-18,28H,7-13,15H2,1-2H3. The number of amides is 1. The van der Waals surface area contributed by atoms with Crippen LogP contribution >= 0.6 is 0 Å². The lowest BCUT2D eigenvalue weighted by Gasteiger charge is -2.35. The van der Waals surface area contributed by atoms with Crippen LogP contribution in [0.15, 0.2) is 41.6 Å². The van der Waals surface area contributed by atoms with Crippen LogP contribution < -0.4 is 10.5 Å². The highest BCUT2D eigenvalue weighted by atomic mass is 16.5. The number of piperazine rings is 1. The summed E-state index contributed by atoms with van der Waals surface area (Å²) >= 11 is 0. The molecule has 0 radical (unpaired) electrons. The zero-order chi connectivity index (χ0) is 24.4. The molecular formula is C25H31N7O3. The van der Waals surface area contributed by atoms with Gasteiger partial charge < -0.3 is 9.64 Å². The van der Waals surface area contributed by atoms with E-state index < -0.39 is 0 Å². The molecule has 184 valence electrons. The molecule has 1 atom stereocenters. The van der Waals surface area contributed by atoms with Gasteiger partial charge in [-0.15, -0.1) is 10.6 Å². The molecule has 10 nitrogen and oxygen atoms in total. The van der Waals surface area contributed by atoms with E-state index in [0.717, 1.165) is 62.5 Å². The van der Waals surface area contributed by atoms with Crippen LogP contribution in [0.2, 0.25) is 0 Å². The van der Waals surface area contributed by atoms with E-state index in [4.69, 9.17) is 4.74 Å². The Morgan fingerprint density at radius 1 is 1.14 bits per heavy atom. The number of carbonyl (C=O) groups is 2. The van der Waals surface area contributed by atoms with Gasteiger partial charge in [0.05, 0.1) is 12.0 Å². The minimum Gasteiger partial charge on any atom is -0.459 e. The first-order valence-corrected chi connectivity index (χ1v) is 12.1. The molecule has 1 aromatic heterocycles. The highest BCUT2D eigenvalue weighted by molar-refractivity contribution is 5.92. The third kappa shape index (κ3) is 5.44. The summed E-state index contributed by atoms with van der Waals surface area (Å²) < 4.78 is 5.31. The van der Waals surface area contributed by atoms with E-state index in [1.165, 1.54) is 5.56 Å². The van der Waals surface area contributed by atoms with Crippen LogP contribution in [0.4, 0.5) is 5.82 Å². The number of hydrazine groups is 2. The fraction of sp³-hybridized carbons (Fsp3) is 0.440. The number of nitrogens with zero attached hydrogens (tertiary/aromatic N) is 6. The SMILES string of the molecule is CC1Cc2cc(CCN3CCN(C(=O)Cc4ccc(N5C=NN(C)N5)nc4)CC3)ccc2C(=O)O1. The summed E-state index contributed by atoms with van der Waals surface area (Å²) in [7, 11) is 1.80. The molecule has 1 aromatic carbocycles. The molecule has 0 spiro atoms. The van der Waals surface area contributed by atoms with Crippen molar-refractivity contribution in [2.24, 2.45) is 5.10 Å². The van der Waals surface area contributed by atoms with Gasteiger partial charge in [-0.25, -0.2) is 19.9 Å². The summed E-state index contributed by atoms with van der Waals surface area (Å²) in [6.07, 6.45) is 5.38. The quantitative estimate of drug-likeness (QED) is 0.621. The maximum atomic E-state index is 12.8. The van der Waals surface area contributed by atoms with Crippen molar-refractivity contribution in [3.63, 3.8) is 0 Å². The highest BCUT2D eigenvalue weighted by Crippen LogP contribution is 2.22. The number of nitrogens with one attached hydrogen (secondary N) is 1. The number of cyclic esters (lactones) is 1. The van der Waals surface area contributed by atoms with Crippen molar-refractivity contribution in [3.8, 4) is 0 Å². The topological polar surface area (TPSA) is 93.6 Å². The lowest BCUT2D eigenvalue weighted by molar-refractivity contribution is -0.132. The van der Waals surface area contributed by atoms with E-state index in [2.05, 4.69) is 26.6 Å². The number of rotatable bonds is 6. The number of esters is 1. The molecule has 10 heteroatoms. The van der Waals surface area contributed by atoms with Crippen molar-refractivity contribution < 1.29 is 14.3 Å². The van der Waals surface area contributed by atoms with E-state index in [-0.39, 0.29) is 18.0 Å². The van der Waals surface area contributed by atoms with Crippen molar-refractivity contribution >= 4 is 24.0 Å². The monoisotopic (exact) mass is 477 g/mol. The van der Waals surface area contributed by atoms with E-state index in [0.29, 0.717) is 12.0 Å². The number of pyridine rings is 1. The lowest BCUT2D eigenvalue weighted by Crippen LogP contribution is -2.49. The first-order valence-electron chi connectivity index (χ1n) is 12.1. The summed E-state index contributed by atoms with van der Waals surface area (Å²) in [5.74, 6) is 0.635. The van der Waals surface area contributed by atoms with Crippen LogP contribution in [0.3, 0.4) is 0 Å². The van der Waals surface area contributed by atoms with Crippen LogP contribution in [0, 0.1) is 0 Å². The molecule has 1 saturated heterocycles. The third-order valence-electron chi connectivity index (χ3n) is 6.65. The normalized spacial score (nSPS) is 20.2. The van der Waals surface area contributed by atoms with Gasteiger partial charge in [0.25, 0.3) is 0 Å². The number of ether oxygens (including phenoxy) is 1. The van der Waals surface area contributed by atoms with Crippen LogP contribution in [-0.4, -0.2) is 84.0 Å². The minimum absolute atomic E-state index is 0.0665. The molecular weight excluding hydrogens is 446 g/mol. The average molecular weight is 478 g/mol. The maximum absolute atomic E-state index is 12.8. The Labute approximate surface area is 205 Å². The predicted octanol–water partition coefficient (Wildman–Crippen LogP) is 1.23. The van der Waals surface area contributed by atoms with Crippen molar-refractivity contribution in [3.05, 3.63) is 58.8 Å². The zero-order valence-corrected chi connectivity index (χ0v) is 20.2. The van der Waals surface area contributed by atoms with E-state index in [9.17, 15) is 9.59 Å². The summed E-state index contributed by atoms with van der Waals surface area (Å²) in [4.78, 5) is 33.6. The number of hydrogen-bond donors (Lipinski definition) is 1. The predicted molar refractivity (Wildman–Crippen MR) is 132 cm³/mol. The van der Waals surface area contributed by atoms with E-state index in [1.807, 2.05) is 36.1 Å². The van der Waals surface area contributed by atoms with Crippen LogP contribution in [0.1, 0.15) is 34.0 Å². The first kappa shape index (κ1) is 23.3. The average Bonchev–Trinajstić information content (AvgIpc) is 3.29. The largest absolute Gasteiger partial charge is 0.459 e. The van der Waals surface area contributed by atoms with Crippen molar-refractivity contribution in [2.75, 3.05) is 44.8 Å². The summed E-state index contributed by atoms with van der Waals surface area (Å²) in [6.45, 7) is 6.07. The second-order valence-corrected chi connectivity index (χ2v) is 9.31. The molecule has 5 rings (SSSR count). The number of fused-ring (bicyclic) bond motifs is 1. The Morgan fingerprint density at radius 3 is 2.66 bits per heavy atom. The number of carbonyl (C=O) groups excluding carboxylic acids is 2. The molecule has 0 aliphatic carbocycles. The highest BCUT2D eigenvalue weighted by Gasteiger charge is 2.24. The fourth-order valence-electron chi connectivity index (χ4n) is 4.67. The maximum Gasteiger partial charge on any atom is 0.338 e. The van der Waals surface area contributed by atoms with Gasteiger partial charge in [-0.3, -0.25) is 9.69 Å². The second kappa shape index (κ2) is 10.0. The van der Waals surface area contributed by atoms with Gasteiger partial charge in [0.1, 0.15) is 18.3 Å². The first-order chi connectivity index (χ1) is 16.9. The smallest absolute Gasteiger partial charge is 0.338 e. The van der Waals surface area contributed by atoms with Gasteiger partial charge in [-0.2, -0.15) is 0 Å². The zero-order valence-electron chi connectivity index (χ0n) is 20.2. The van der Waals surface area contributed by atoms with Gasteiger partial charge >= 0.3 is 5.97 Å². The van der Waals surface area contributed by atoms with E-state index >= 15 is 0 Å². The van der Waals surface area contributed by atoms with Crippen molar-refractivity contribution in [1.82, 2.24) is 25.4 Å². The Bertz CT molecular complexity index is 1110. The van der Waals surface area contributed by atoms with Gasteiger partial charge in [0.15, 0.2) is 0 Å². The molecule has 3 aliphatic heterocycles. The molecule has 1 N–H and O–H groups in total. The van der Waals surface area contributed by atoms with Gasteiger partial charge in [-0.05, 0) is 42.2 Å². The molecule has 35 heavy (non-hydrogen) atoms. The number of anilines is 1. The van der Waals surface area contributed by atoms with Crippen molar-refractivity contribution in [1.29, 1.82) is 0 Å². The number of hydrogen-bond acceptors (Lipinski definition) is 9. The molecule has 0 bridgehead atoms.